The third-order valence-corrected chi connectivity index (χ3v) is 6.50. The van der Waals surface area contributed by atoms with E-state index in [0.717, 1.165) is 23.1 Å². The van der Waals surface area contributed by atoms with Crippen LogP contribution < -0.4 is 10.9 Å². The molecule has 0 fully saturated rings. The maximum absolute atomic E-state index is 13.3. The first-order valence-corrected chi connectivity index (χ1v) is 11.1. The van der Waals surface area contributed by atoms with E-state index in [1.807, 2.05) is 13.0 Å². The summed E-state index contributed by atoms with van der Waals surface area (Å²) in [5, 5.41) is 3.65. The van der Waals surface area contributed by atoms with Crippen molar-refractivity contribution >= 4 is 44.9 Å². The number of anilines is 1. The fourth-order valence-corrected chi connectivity index (χ4v) is 4.73. The Kier molecular flexibility index (Phi) is 6.01. The second-order valence-corrected chi connectivity index (χ2v) is 8.56. The molecule has 9 heteroatoms. The Hall–Kier alpha value is -2.91. The van der Waals surface area contributed by atoms with Gasteiger partial charge in [-0.15, -0.1) is 11.3 Å². The molecule has 0 unspecified atom stereocenters. The Morgan fingerprint density at radius 1 is 1.30 bits per heavy atom. The number of nitrogens with zero attached hydrogens (tertiary/aromatic N) is 2. The standard InChI is InChI=1S/C21H18FN3O3S2/c1-2-16-10-17-19(30-16)24-21(25(20(17)27)11-15-7-4-8-28-15)29-12-18(26)23-14-6-3-5-13(22)9-14/h3-10H,2,11-12H2,1H3,(H,23,26). The highest BCUT2D eigenvalue weighted by Crippen LogP contribution is 2.26. The summed E-state index contributed by atoms with van der Waals surface area (Å²) in [5.41, 5.74) is 0.211. The van der Waals surface area contributed by atoms with Crippen LogP contribution in [-0.2, 0) is 17.8 Å². The Bertz CT molecular complexity index is 1250. The van der Waals surface area contributed by atoms with Crippen LogP contribution in [0.3, 0.4) is 0 Å². The zero-order chi connectivity index (χ0) is 21.1. The number of carbonyl (C=O) groups is 1. The van der Waals surface area contributed by atoms with Crippen LogP contribution in [0, 0.1) is 5.82 Å². The molecule has 0 aliphatic heterocycles. The third kappa shape index (κ3) is 4.47. The first-order chi connectivity index (χ1) is 14.5. The summed E-state index contributed by atoms with van der Waals surface area (Å²) in [4.78, 5) is 31.8. The number of nitrogens with one attached hydrogen (secondary N) is 1. The SMILES string of the molecule is CCc1cc2c(=O)n(Cc3ccco3)c(SCC(=O)Nc3cccc(F)c3)nc2s1. The number of hydrogen-bond donors (Lipinski definition) is 1. The van der Waals surface area contributed by atoms with Gasteiger partial charge in [-0.2, -0.15) is 0 Å². The molecule has 154 valence electrons. The smallest absolute Gasteiger partial charge is 0.263 e. The summed E-state index contributed by atoms with van der Waals surface area (Å²) in [6.45, 7) is 2.25. The average molecular weight is 444 g/mol. The molecule has 3 heterocycles. The van der Waals surface area contributed by atoms with Crippen LogP contribution in [0.15, 0.2) is 63.1 Å². The first kappa shape index (κ1) is 20.4. The number of fused-ring (bicyclic) bond motifs is 1. The maximum Gasteiger partial charge on any atom is 0.263 e. The lowest BCUT2D eigenvalue weighted by atomic mass is 10.3. The van der Waals surface area contributed by atoms with E-state index in [-0.39, 0.29) is 23.8 Å². The quantitative estimate of drug-likeness (QED) is 0.335. The number of furan rings is 1. The van der Waals surface area contributed by atoms with Crippen LogP contribution in [0.5, 0.6) is 0 Å². The van der Waals surface area contributed by atoms with Gasteiger partial charge >= 0.3 is 0 Å². The van der Waals surface area contributed by atoms with Gasteiger partial charge in [0.2, 0.25) is 5.91 Å². The van der Waals surface area contributed by atoms with Gasteiger partial charge in [0.25, 0.3) is 5.56 Å². The predicted octanol–water partition coefficient (Wildman–Crippen LogP) is 4.53. The largest absolute Gasteiger partial charge is 0.467 e. The number of thioether (sulfide) groups is 1. The highest BCUT2D eigenvalue weighted by atomic mass is 32.2. The number of hydrogen-bond acceptors (Lipinski definition) is 6. The van der Waals surface area contributed by atoms with Gasteiger partial charge in [0, 0.05) is 10.6 Å². The summed E-state index contributed by atoms with van der Waals surface area (Å²) in [6, 6.07) is 11.1. The molecule has 0 bridgehead atoms. The second-order valence-electron chi connectivity index (χ2n) is 6.50. The number of rotatable bonds is 7. The Morgan fingerprint density at radius 2 is 2.17 bits per heavy atom. The molecule has 3 aromatic heterocycles. The molecule has 1 amide bonds. The van der Waals surface area contributed by atoms with Gasteiger partial charge in [0.15, 0.2) is 5.16 Å². The molecule has 0 radical (unpaired) electrons. The van der Waals surface area contributed by atoms with Crippen molar-refractivity contribution in [2.24, 2.45) is 0 Å². The van der Waals surface area contributed by atoms with Gasteiger partial charge in [-0.3, -0.25) is 14.2 Å². The minimum Gasteiger partial charge on any atom is -0.467 e. The molecule has 0 spiro atoms. The van der Waals surface area contributed by atoms with Crippen molar-refractivity contribution in [1.29, 1.82) is 0 Å². The molecule has 0 atom stereocenters. The van der Waals surface area contributed by atoms with Gasteiger partial charge < -0.3 is 9.73 Å². The average Bonchev–Trinajstić information content (AvgIpc) is 3.38. The lowest BCUT2D eigenvalue weighted by Gasteiger charge is -2.11. The summed E-state index contributed by atoms with van der Waals surface area (Å²) in [5.74, 6) is -0.0945. The molecule has 1 N–H and O–H groups in total. The maximum atomic E-state index is 13.3. The second kappa shape index (κ2) is 8.85. The van der Waals surface area contributed by atoms with Gasteiger partial charge in [0.05, 0.1) is 23.9 Å². The van der Waals surface area contributed by atoms with E-state index in [1.54, 1.807) is 24.5 Å². The van der Waals surface area contributed by atoms with Gasteiger partial charge in [-0.1, -0.05) is 24.8 Å². The molecule has 6 nitrogen and oxygen atoms in total. The number of aromatic nitrogens is 2. The van der Waals surface area contributed by atoms with Crippen LogP contribution in [0.4, 0.5) is 10.1 Å². The lowest BCUT2D eigenvalue weighted by Crippen LogP contribution is -2.24. The number of amides is 1. The normalized spacial score (nSPS) is 11.1. The number of carbonyl (C=O) groups excluding carboxylic acids is 1. The van der Waals surface area contributed by atoms with Gasteiger partial charge in [0.1, 0.15) is 16.4 Å². The summed E-state index contributed by atoms with van der Waals surface area (Å²) in [7, 11) is 0. The van der Waals surface area contributed by atoms with Crippen LogP contribution >= 0.6 is 23.1 Å². The monoisotopic (exact) mass is 443 g/mol. The van der Waals surface area contributed by atoms with Crippen molar-refractivity contribution in [1.82, 2.24) is 9.55 Å². The fourth-order valence-electron chi connectivity index (χ4n) is 2.92. The lowest BCUT2D eigenvalue weighted by molar-refractivity contribution is -0.113. The topological polar surface area (TPSA) is 77.1 Å². The first-order valence-electron chi connectivity index (χ1n) is 9.27. The van der Waals surface area contributed by atoms with Gasteiger partial charge in [-0.25, -0.2) is 9.37 Å². The van der Waals surface area contributed by atoms with Crippen molar-refractivity contribution in [2.45, 2.75) is 25.0 Å². The van der Waals surface area contributed by atoms with Crippen LogP contribution in [0.2, 0.25) is 0 Å². The predicted molar refractivity (Wildman–Crippen MR) is 117 cm³/mol. The van der Waals surface area contributed by atoms with Crippen LogP contribution in [-0.4, -0.2) is 21.2 Å². The molecular weight excluding hydrogens is 425 g/mol. The van der Waals surface area contributed by atoms with Crippen molar-refractivity contribution < 1.29 is 13.6 Å². The molecule has 4 rings (SSSR count). The van der Waals surface area contributed by atoms with Crippen LogP contribution in [0.1, 0.15) is 17.6 Å². The molecule has 0 saturated carbocycles. The molecule has 0 aliphatic rings. The Labute approximate surface area is 179 Å². The number of thiophene rings is 1. The Balaban J connectivity index is 1.61. The summed E-state index contributed by atoms with van der Waals surface area (Å²) < 4.78 is 20.2. The van der Waals surface area contributed by atoms with E-state index in [9.17, 15) is 14.0 Å². The van der Waals surface area contributed by atoms with E-state index >= 15 is 0 Å². The van der Waals surface area contributed by atoms with E-state index < -0.39 is 5.82 Å². The van der Waals surface area contributed by atoms with Crippen molar-refractivity contribution in [3.63, 3.8) is 0 Å². The highest BCUT2D eigenvalue weighted by molar-refractivity contribution is 7.99. The molecule has 1 aromatic carbocycles. The molecular formula is C21H18FN3O3S2. The van der Waals surface area contributed by atoms with Crippen molar-refractivity contribution in [2.75, 3.05) is 11.1 Å². The molecule has 4 aromatic rings. The van der Waals surface area contributed by atoms with E-state index in [2.05, 4.69) is 10.3 Å². The minimum absolute atomic E-state index is 0.0264. The number of halogens is 1. The van der Waals surface area contributed by atoms with Crippen molar-refractivity contribution in [3.8, 4) is 0 Å². The van der Waals surface area contributed by atoms with E-state index in [4.69, 9.17) is 4.42 Å². The molecule has 0 saturated heterocycles. The zero-order valence-electron chi connectivity index (χ0n) is 16.1. The van der Waals surface area contributed by atoms with E-state index in [0.29, 0.717) is 26.8 Å². The zero-order valence-corrected chi connectivity index (χ0v) is 17.7. The minimum atomic E-state index is -0.427. The van der Waals surface area contributed by atoms with E-state index in [1.165, 1.54) is 34.1 Å². The molecule has 0 aliphatic carbocycles. The highest BCUT2D eigenvalue weighted by Gasteiger charge is 2.17. The van der Waals surface area contributed by atoms with Crippen LogP contribution in [0.25, 0.3) is 10.2 Å². The molecule has 30 heavy (non-hydrogen) atoms. The van der Waals surface area contributed by atoms with Gasteiger partial charge in [-0.05, 0) is 42.8 Å². The third-order valence-electron chi connectivity index (χ3n) is 4.35. The number of aryl methyl sites for hydroxylation is 1. The summed E-state index contributed by atoms with van der Waals surface area (Å²) >= 11 is 2.63. The number of benzene rings is 1. The fraction of sp³-hybridized carbons (Fsp3) is 0.190. The Morgan fingerprint density at radius 3 is 2.90 bits per heavy atom. The van der Waals surface area contributed by atoms with Crippen molar-refractivity contribution in [3.05, 3.63) is 75.5 Å². The summed E-state index contributed by atoms with van der Waals surface area (Å²) in [6.07, 6.45) is 2.36.